The number of hydrogen-bond acceptors (Lipinski definition) is 6. The first-order chi connectivity index (χ1) is 15.5. The molecule has 0 saturated carbocycles. The van der Waals surface area contributed by atoms with Gasteiger partial charge in [0.15, 0.2) is 11.6 Å². The molecular formula is C22H19FN8O. The summed E-state index contributed by atoms with van der Waals surface area (Å²) >= 11 is 0. The molecule has 10 heteroatoms. The second-order valence-corrected chi connectivity index (χ2v) is 7.87. The van der Waals surface area contributed by atoms with Crippen LogP contribution in [-0.4, -0.2) is 41.0 Å². The van der Waals surface area contributed by atoms with Crippen molar-refractivity contribution < 1.29 is 9.18 Å². The molecule has 0 aliphatic rings. The van der Waals surface area contributed by atoms with Gasteiger partial charge < -0.3 is 10.3 Å². The number of amides is 1. The van der Waals surface area contributed by atoms with E-state index in [9.17, 15) is 4.79 Å². The topological polar surface area (TPSA) is 125 Å². The Balaban J connectivity index is 1.56. The minimum Gasteiger partial charge on any atom is -0.335 e. The maximum absolute atomic E-state index is 15.7. The summed E-state index contributed by atoms with van der Waals surface area (Å²) in [7, 11) is 0. The molecule has 160 valence electrons. The molecule has 3 N–H and O–H groups in total. The van der Waals surface area contributed by atoms with E-state index >= 15 is 4.39 Å². The SMILES string of the molecule is CC(C)CC(=O)Nc1cncc(-c2ncc3[nH]nc(-c4nc5ccncc5[nH]4)c3c2F)c1. The fraction of sp³-hybridized carbons (Fsp3) is 0.182. The lowest BCUT2D eigenvalue weighted by Gasteiger charge is -2.09. The van der Waals surface area contributed by atoms with Gasteiger partial charge in [-0.1, -0.05) is 13.8 Å². The van der Waals surface area contributed by atoms with E-state index in [1.165, 1.54) is 18.6 Å². The van der Waals surface area contributed by atoms with E-state index in [0.717, 1.165) is 5.52 Å². The summed E-state index contributed by atoms with van der Waals surface area (Å²) in [4.78, 5) is 32.2. The Kier molecular flexibility index (Phi) is 4.81. The number of nitrogens with one attached hydrogen (secondary N) is 3. The molecule has 0 atom stereocenters. The number of aromatic nitrogens is 7. The molecule has 9 nitrogen and oxygen atoms in total. The van der Waals surface area contributed by atoms with Crippen LogP contribution in [0.2, 0.25) is 0 Å². The number of rotatable bonds is 5. The third-order valence-corrected chi connectivity index (χ3v) is 4.94. The van der Waals surface area contributed by atoms with Crippen LogP contribution in [0.1, 0.15) is 20.3 Å². The van der Waals surface area contributed by atoms with Crippen LogP contribution >= 0.6 is 0 Å². The van der Waals surface area contributed by atoms with Crippen molar-refractivity contribution in [3.63, 3.8) is 0 Å². The first kappa shape index (κ1) is 19.7. The molecule has 0 spiro atoms. The normalized spacial score (nSPS) is 11.5. The van der Waals surface area contributed by atoms with E-state index in [1.54, 1.807) is 24.5 Å². The second-order valence-electron chi connectivity index (χ2n) is 7.87. The number of fused-ring (bicyclic) bond motifs is 2. The number of nitrogens with zero attached hydrogens (tertiary/aromatic N) is 5. The van der Waals surface area contributed by atoms with Crippen molar-refractivity contribution in [2.75, 3.05) is 5.32 Å². The number of pyridine rings is 3. The molecule has 1 amide bonds. The third-order valence-electron chi connectivity index (χ3n) is 4.94. The average molecular weight is 430 g/mol. The van der Waals surface area contributed by atoms with Gasteiger partial charge in [-0.25, -0.2) is 9.37 Å². The van der Waals surface area contributed by atoms with Gasteiger partial charge in [0.25, 0.3) is 0 Å². The highest BCUT2D eigenvalue weighted by atomic mass is 19.1. The van der Waals surface area contributed by atoms with Crippen molar-refractivity contribution in [2.24, 2.45) is 5.92 Å². The summed E-state index contributed by atoms with van der Waals surface area (Å²) < 4.78 is 15.7. The Hall–Kier alpha value is -4.21. The highest BCUT2D eigenvalue weighted by Crippen LogP contribution is 2.32. The van der Waals surface area contributed by atoms with Gasteiger partial charge >= 0.3 is 0 Å². The molecule has 32 heavy (non-hydrogen) atoms. The van der Waals surface area contributed by atoms with Gasteiger partial charge in [-0.2, -0.15) is 5.10 Å². The summed E-state index contributed by atoms with van der Waals surface area (Å²) in [5.41, 5.74) is 3.22. The van der Waals surface area contributed by atoms with Gasteiger partial charge in [0.1, 0.15) is 11.4 Å². The second kappa shape index (κ2) is 7.80. The highest BCUT2D eigenvalue weighted by molar-refractivity contribution is 5.95. The number of carbonyl (C=O) groups excluding carboxylic acids is 1. The lowest BCUT2D eigenvalue weighted by Crippen LogP contribution is -2.14. The first-order valence-corrected chi connectivity index (χ1v) is 10.1. The maximum atomic E-state index is 15.7. The molecule has 0 aliphatic heterocycles. The van der Waals surface area contributed by atoms with E-state index in [-0.39, 0.29) is 22.9 Å². The van der Waals surface area contributed by atoms with Crippen LogP contribution in [-0.2, 0) is 4.79 Å². The molecule has 5 aromatic rings. The van der Waals surface area contributed by atoms with Crippen LogP contribution < -0.4 is 5.32 Å². The summed E-state index contributed by atoms with van der Waals surface area (Å²) in [6.45, 7) is 3.92. The molecule has 0 aliphatic carbocycles. The van der Waals surface area contributed by atoms with Gasteiger partial charge in [-0.15, -0.1) is 0 Å². The molecule has 5 rings (SSSR count). The Labute approximate surface area is 181 Å². The largest absolute Gasteiger partial charge is 0.335 e. The van der Waals surface area contributed by atoms with Crippen molar-refractivity contribution in [3.05, 3.63) is 48.9 Å². The van der Waals surface area contributed by atoms with Crippen molar-refractivity contribution >= 4 is 33.5 Å². The van der Waals surface area contributed by atoms with E-state index in [1.807, 2.05) is 13.8 Å². The van der Waals surface area contributed by atoms with Crippen molar-refractivity contribution in [1.82, 2.24) is 35.1 Å². The van der Waals surface area contributed by atoms with Crippen LogP contribution in [0.3, 0.4) is 0 Å². The number of imidazole rings is 1. The molecule has 5 aromatic heterocycles. The lowest BCUT2D eigenvalue weighted by atomic mass is 10.1. The predicted molar refractivity (Wildman–Crippen MR) is 118 cm³/mol. The van der Waals surface area contributed by atoms with Crippen LogP contribution in [0.5, 0.6) is 0 Å². The molecular weight excluding hydrogens is 411 g/mol. The van der Waals surface area contributed by atoms with Crippen LogP contribution in [0.15, 0.2) is 43.1 Å². The van der Waals surface area contributed by atoms with Crippen LogP contribution in [0.25, 0.3) is 44.7 Å². The third kappa shape index (κ3) is 3.55. The quantitative estimate of drug-likeness (QED) is 0.386. The molecule has 0 fully saturated rings. The van der Waals surface area contributed by atoms with Crippen molar-refractivity contribution in [3.8, 4) is 22.8 Å². The number of halogens is 1. The van der Waals surface area contributed by atoms with Gasteiger partial charge in [0.05, 0.1) is 46.2 Å². The number of aromatic amines is 2. The van der Waals surface area contributed by atoms with Crippen molar-refractivity contribution in [2.45, 2.75) is 20.3 Å². The minimum absolute atomic E-state index is 0.102. The fourth-order valence-corrected chi connectivity index (χ4v) is 3.54. The number of hydrogen-bond donors (Lipinski definition) is 3. The number of H-pyrrole nitrogens is 2. The van der Waals surface area contributed by atoms with Crippen LogP contribution in [0, 0.1) is 11.7 Å². The zero-order valence-corrected chi connectivity index (χ0v) is 17.3. The summed E-state index contributed by atoms with van der Waals surface area (Å²) in [6.07, 6.45) is 8.20. The first-order valence-electron chi connectivity index (χ1n) is 10.1. The average Bonchev–Trinajstić information content (AvgIpc) is 3.38. The molecule has 0 aromatic carbocycles. The zero-order valence-electron chi connectivity index (χ0n) is 17.3. The Morgan fingerprint density at radius 2 is 2.00 bits per heavy atom. The molecule has 0 unspecified atom stereocenters. The van der Waals surface area contributed by atoms with E-state index in [2.05, 4.69) is 40.4 Å². The standard InChI is InChI=1S/C22H19FN8O/c1-11(2)5-17(32)27-13-6-12(7-25-8-13)20-19(23)18-16(10-26-20)30-31-21(18)22-28-14-3-4-24-9-15(14)29-22/h3-4,6-11H,5H2,1-2H3,(H,27,32)(H,28,29)(H,30,31). The predicted octanol–water partition coefficient (Wildman–Crippen LogP) is 4.08. The lowest BCUT2D eigenvalue weighted by molar-refractivity contribution is -0.116. The monoisotopic (exact) mass is 430 g/mol. The van der Waals surface area contributed by atoms with Crippen LogP contribution in [0.4, 0.5) is 10.1 Å². The molecule has 0 radical (unpaired) electrons. The van der Waals surface area contributed by atoms with Gasteiger partial charge in [-0.05, 0) is 18.1 Å². The Morgan fingerprint density at radius 3 is 2.81 bits per heavy atom. The van der Waals surface area contributed by atoms with Gasteiger partial charge in [0.2, 0.25) is 5.91 Å². The summed E-state index contributed by atoms with van der Waals surface area (Å²) in [5.74, 6) is -0.0408. The van der Waals surface area contributed by atoms with Crippen molar-refractivity contribution in [1.29, 1.82) is 0 Å². The van der Waals surface area contributed by atoms with E-state index in [4.69, 9.17) is 0 Å². The summed E-state index contributed by atoms with van der Waals surface area (Å²) in [5, 5.41) is 10.1. The summed E-state index contributed by atoms with van der Waals surface area (Å²) in [6, 6.07) is 3.41. The minimum atomic E-state index is -0.558. The number of carbonyl (C=O) groups is 1. The smallest absolute Gasteiger partial charge is 0.224 e. The molecule has 5 heterocycles. The van der Waals surface area contributed by atoms with Gasteiger partial charge in [0, 0.05) is 24.4 Å². The Bertz CT molecular complexity index is 1420. The Morgan fingerprint density at radius 1 is 1.12 bits per heavy atom. The number of anilines is 1. The zero-order chi connectivity index (χ0) is 22.2. The van der Waals surface area contributed by atoms with Gasteiger partial charge in [-0.3, -0.25) is 24.8 Å². The fourth-order valence-electron chi connectivity index (χ4n) is 3.54. The van der Waals surface area contributed by atoms with E-state index in [0.29, 0.717) is 40.2 Å². The maximum Gasteiger partial charge on any atom is 0.224 e. The highest BCUT2D eigenvalue weighted by Gasteiger charge is 2.20. The van der Waals surface area contributed by atoms with E-state index < -0.39 is 5.82 Å². The molecule has 0 bridgehead atoms. The molecule has 0 saturated heterocycles.